The van der Waals surface area contributed by atoms with Crippen LogP contribution in [-0.2, 0) is 0 Å². The first kappa shape index (κ1) is 10.8. The van der Waals surface area contributed by atoms with Crippen molar-refractivity contribution in [3.8, 4) is 0 Å². The van der Waals surface area contributed by atoms with E-state index < -0.39 is 0 Å². The molecule has 1 rings (SSSR count). The molecule has 0 nitrogen and oxygen atoms in total. The lowest BCUT2D eigenvalue weighted by molar-refractivity contribution is 1.23. The standard InChI is InChI=1S/C14H18/c1-4-12(3)11-13(5-2)14-9-7-6-8-10-14/h4,6-11H,5H2,1-3H3/b12-4-,13-11+. The van der Waals surface area contributed by atoms with E-state index in [2.05, 4.69) is 63.3 Å². The van der Waals surface area contributed by atoms with Gasteiger partial charge in [0.1, 0.15) is 0 Å². The van der Waals surface area contributed by atoms with Crippen molar-refractivity contribution in [2.24, 2.45) is 0 Å². The minimum absolute atomic E-state index is 1.08. The fourth-order valence-electron chi connectivity index (χ4n) is 1.40. The van der Waals surface area contributed by atoms with E-state index in [1.54, 1.807) is 0 Å². The number of allylic oxidation sites excluding steroid dienone is 4. The Labute approximate surface area is 87.0 Å². The molecule has 0 aromatic heterocycles. The van der Waals surface area contributed by atoms with Gasteiger partial charge >= 0.3 is 0 Å². The lowest BCUT2D eigenvalue weighted by Gasteiger charge is -2.04. The number of hydrogen-bond acceptors (Lipinski definition) is 0. The number of benzene rings is 1. The third-order valence-electron chi connectivity index (χ3n) is 2.38. The molecular weight excluding hydrogens is 168 g/mol. The molecule has 0 spiro atoms. The molecule has 0 unspecified atom stereocenters. The molecule has 0 heteroatoms. The maximum atomic E-state index is 2.26. The van der Waals surface area contributed by atoms with Crippen molar-refractivity contribution in [3.63, 3.8) is 0 Å². The minimum atomic E-state index is 1.08. The van der Waals surface area contributed by atoms with Crippen LogP contribution in [0.1, 0.15) is 32.8 Å². The second-order valence-electron chi connectivity index (χ2n) is 3.42. The summed E-state index contributed by atoms with van der Waals surface area (Å²) in [5, 5.41) is 0. The lowest BCUT2D eigenvalue weighted by atomic mass is 10.0. The third kappa shape index (κ3) is 2.88. The zero-order valence-corrected chi connectivity index (χ0v) is 9.25. The summed E-state index contributed by atoms with van der Waals surface area (Å²) in [5.41, 5.74) is 4.06. The van der Waals surface area contributed by atoms with Gasteiger partial charge in [0.05, 0.1) is 0 Å². The van der Waals surface area contributed by atoms with Gasteiger partial charge in [-0.1, -0.05) is 55.0 Å². The van der Waals surface area contributed by atoms with Crippen LogP contribution in [0.15, 0.2) is 48.1 Å². The Morgan fingerprint density at radius 2 is 1.86 bits per heavy atom. The molecule has 1 aromatic rings. The van der Waals surface area contributed by atoms with Gasteiger partial charge in [-0.15, -0.1) is 0 Å². The van der Waals surface area contributed by atoms with Gasteiger partial charge in [-0.2, -0.15) is 0 Å². The molecule has 0 aliphatic heterocycles. The van der Waals surface area contributed by atoms with E-state index in [9.17, 15) is 0 Å². The number of hydrogen-bond donors (Lipinski definition) is 0. The summed E-state index contributed by atoms with van der Waals surface area (Å²) in [6.07, 6.45) is 5.48. The molecule has 0 N–H and O–H groups in total. The molecule has 0 fully saturated rings. The Bertz CT molecular complexity index is 328. The average molecular weight is 186 g/mol. The molecule has 74 valence electrons. The van der Waals surface area contributed by atoms with Crippen LogP contribution < -0.4 is 0 Å². The Morgan fingerprint density at radius 3 is 2.36 bits per heavy atom. The lowest BCUT2D eigenvalue weighted by Crippen LogP contribution is -1.82. The summed E-state index contributed by atoms with van der Waals surface area (Å²) < 4.78 is 0. The van der Waals surface area contributed by atoms with Gasteiger partial charge in [0.2, 0.25) is 0 Å². The molecule has 0 heterocycles. The molecule has 14 heavy (non-hydrogen) atoms. The largest absolute Gasteiger partial charge is 0.0847 e. The van der Waals surface area contributed by atoms with E-state index in [0.29, 0.717) is 0 Å². The smallest absolute Gasteiger partial charge is 0.0225 e. The van der Waals surface area contributed by atoms with E-state index in [0.717, 1.165) is 6.42 Å². The minimum Gasteiger partial charge on any atom is -0.0847 e. The van der Waals surface area contributed by atoms with E-state index in [1.165, 1.54) is 16.7 Å². The highest BCUT2D eigenvalue weighted by molar-refractivity contribution is 5.67. The summed E-state index contributed by atoms with van der Waals surface area (Å²) in [5.74, 6) is 0. The maximum absolute atomic E-state index is 2.26. The van der Waals surface area contributed by atoms with Crippen LogP contribution in [0.2, 0.25) is 0 Å². The van der Waals surface area contributed by atoms with Crippen molar-refractivity contribution in [1.29, 1.82) is 0 Å². The fourth-order valence-corrected chi connectivity index (χ4v) is 1.40. The van der Waals surface area contributed by atoms with E-state index >= 15 is 0 Å². The van der Waals surface area contributed by atoms with Gasteiger partial charge in [-0.05, 0) is 31.4 Å². The van der Waals surface area contributed by atoms with Crippen molar-refractivity contribution in [1.82, 2.24) is 0 Å². The molecule has 0 saturated heterocycles. The number of rotatable bonds is 3. The van der Waals surface area contributed by atoms with Crippen LogP contribution in [-0.4, -0.2) is 0 Å². The summed E-state index contributed by atoms with van der Waals surface area (Å²) in [6, 6.07) is 10.6. The Morgan fingerprint density at radius 1 is 1.21 bits per heavy atom. The molecule has 0 aliphatic rings. The van der Waals surface area contributed by atoms with Gasteiger partial charge in [0, 0.05) is 0 Å². The van der Waals surface area contributed by atoms with E-state index in [4.69, 9.17) is 0 Å². The molecule has 1 aromatic carbocycles. The van der Waals surface area contributed by atoms with Crippen LogP contribution in [0.5, 0.6) is 0 Å². The van der Waals surface area contributed by atoms with Crippen LogP contribution in [0.25, 0.3) is 5.57 Å². The molecule has 0 atom stereocenters. The van der Waals surface area contributed by atoms with Gasteiger partial charge in [-0.25, -0.2) is 0 Å². The van der Waals surface area contributed by atoms with Crippen molar-refractivity contribution in [2.45, 2.75) is 27.2 Å². The molecule has 0 saturated carbocycles. The molecule has 0 amide bonds. The summed E-state index contributed by atoms with van der Waals surface area (Å²) in [7, 11) is 0. The van der Waals surface area contributed by atoms with E-state index in [-0.39, 0.29) is 0 Å². The van der Waals surface area contributed by atoms with Crippen LogP contribution in [0.4, 0.5) is 0 Å². The fraction of sp³-hybridized carbons (Fsp3) is 0.286. The van der Waals surface area contributed by atoms with Gasteiger partial charge in [0.15, 0.2) is 0 Å². The first-order valence-corrected chi connectivity index (χ1v) is 5.16. The predicted molar refractivity (Wildman–Crippen MR) is 64.1 cm³/mol. The van der Waals surface area contributed by atoms with Crippen molar-refractivity contribution >= 4 is 5.57 Å². The zero-order chi connectivity index (χ0) is 10.4. The quantitative estimate of drug-likeness (QED) is 0.612. The molecular formula is C14H18. The van der Waals surface area contributed by atoms with Crippen molar-refractivity contribution < 1.29 is 0 Å². The van der Waals surface area contributed by atoms with E-state index in [1.807, 2.05) is 0 Å². The zero-order valence-electron chi connectivity index (χ0n) is 9.25. The maximum Gasteiger partial charge on any atom is -0.0225 e. The highest BCUT2D eigenvalue weighted by Gasteiger charge is 1.97. The topological polar surface area (TPSA) is 0 Å². The molecule has 0 radical (unpaired) electrons. The van der Waals surface area contributed by atoms with Crippen LogP contribution in [0, 0.1) is 0 Å². The van der Waals surface area contributed by atoms with Gasteiger partial charge in [0.25, 0.3) is 0 Å². The Kier molecular flexibility index (Phi) is 4.18. The second kappa shape index (κ2) is 5.43. The van der Waals surface area contributed by atoms with Crippen molar-refractivity contribution in [2.75, 3.05) is 0 Å². The predicted octanol–water partition coefficient (Wildman–Crippen LogP) is 4.45. The Balaban J connectivity index is 2.99. The SMILES string of the molecule is C/C=C(C)\C=C(/CC)c1ccccc1. The van der Waals surface area contributed by atoms with Crippen molar-refractivity contribution in [3.05, 3.63) is 53.6 Å². The van der Waals surface area contributed by atoms with Gasteiger partial charge < -0.3 is 0 Å². The highest BCUT2D eigenvalue weighted by Crippen LogP contribution is 2.19. The average Bonchev–Trinajstić information content (AvgIpc) is 2.26. The first-order chi connectivity index (χ1) is 6.77. The summed E-state index contributed by atoms with van der Waals surface area (Å²) in [6.45, 7) is 6.41. The second-order valence-corrected chi connectivity index (χ2v) is 3.42. The summed E-state index contributed by atoms with van der Waals surface area (Å²) in [4.78, 5) is 0. The monoisotopic (exact) mass is 186 g/mol. The van der Waals surface area contributed by atoms with Crippen LogP contribution >= 0.6 is 0 Å². The Hall–Kier alpha value is -1.30. The van der Waals surface area contributed by atoms with Crippen LogP contribution in [0.3, 0.4) is 0 Å². The molecule has 0 aliphatic carbocycles. The first-order valence-electron chi connectivity index (χ1n) is 5.16. The third-order valence-corrected chi connectivity index (χ3v) is 2.38. The molecule has 0 bridgehead atoms. The normalized spacial score (nSPS) is 13.1. The summed E-state index contributed by atoms with van der Waals surface area (Å²) >= 11 is 0. The highest BCUT2D eigenvalue weighted by atomic mass is 14.0. The van der Waals surface area contributed by atoms with Gasteiger partial charge in [-0.3, -0.25) is 0 Å².